The van der Waals surface area contributed by atoms with Gasteiger partial charge in [0.25, 0.3) is 0 Å². The monoisotopic (exact) mass is 234 g/mol. The van der Waals surface area contributed by atoms with E-state index in [1.165, 1.54) is 25.7 Å². The van der Waals surface area contributed by atoms with Crippen molar-refractivity contribution in [2.24, 2.45) is 23.2 Å². The minimum absolute atomic E-state index is 0.226. The van der Waals surface area contributed by atoms with E-state index < -0.39 is 0 Å². The Balaban J connectivity index is 1.80. The zero-order valence-electron chi connectivity index (χ0n) is 11.1. The maximum atomic E-state index is 11.8. The third-order valence-electron chi connectivity index (χ3n) is 5.68. The van der Waals surface area contributed by atoms with Gasteiger partial charge in [0.05, 0.1) is 0 Å². The number of hydrogen-bond acceptors (Lipinski definition) is 2. The van der Waals surface area contributed by atoms with E-state index in [-0.39, 0.29) is 17.0 Å². The Labute approximate surface area is 103 Å². The van der Waals surface area contributed by atoms with E-state index in [9.17, 15) is 4.79 Å². The van der Waals surface area contributed by atoms with Crippen LogP contribution in [0.2, 0.25) is 0 Å². The van der Waals surface area contributed by atoms with E-state index >= 15 is 0 Å². The van der Waals surface area contributed by atoms with Gasteiger partial charge < -0.3 is 4.74 Å². The van der Waals surface area contributed by atoms with E-state index in [1.54, 1.807) is 6.92 Å². The molecular formula is C15H22O2. The van der Waals surface area contributed by atoms with Crippen molar-refractivity contribution in [3.05, 3.63) is 12.2 Å². The molecule has 0 radical (unpaired) electrons. The van der Waals surface area contributed by atoms with Crippen LogP contribution >= 0.6 is 0 Å². The number of carbonyl (C=O) groups is 1. The highest BCUT2D eigenvalue weighted by Crippen LogP contribution is 2.74. The molecule has 0 aromatic carbocycles. The van der Waals surface area contributed by atoms with Crippen LogP contribution in [-0.2, 0) is 9.53 Å². The molecule has 0 saturated heterocycles. The van der Waals surface area contributed by atoms with E-state index in [4.69, 9.17) is 4.74 Å². The molecule has 0 aromatic heterocycles. The molecule has 3 rings (SSSR count). The summed E-state index contributed by atoms with van der Waals surface area (Å²) in [5, 5.41) is 0. The highest BCUT2D eigenvalue weighted by atomic mass is 16.6. The van der Waals surface area contributed by atoms with Crippen molar-refractivity contribution in [2.75, 3.05) is 0 Å². The third-order valence-corrected chi connectivity index (χ3v) is 5.68. The van der Waals surface area contributed by atoms with Crippen molar-refractivity contribution in [2.45, 2.75) is 52.1 Å². The van der Waals surface area contributed by atoms with Crippen LogP contribution in [0.3, 0.4) is 0 Å². The second-order valence-corrected chi connectivity index (χ2v) is 6.95. The molecule has 4 atom stereocenters. The van der Waals surface area contributed by atoms with Crippen LogP contribution in [0.1, 0.15) is 46.5 Å². The van der Waals surface area contributed by atoms with Crippen molar-refractivity contribution in [1.29, 1.82) is 0 Å². The van der Waals surface area contributed by atoms with Gasteiger partial charge in [-0.2, -0.15) is 0 Å². The Morgan fingerprint density at radius 3 is 2.53 bits per heavy atom. The van der Waals surface area contributed by atoms with Crippen molar-refractivity contribution in [3.63, 3.8) is 0 Å². The molecule has 2 heteroatoms. The Morgan fingerprint density at radius 2 is 2.06 bits per heavy atom. The minimum atomic E-state index is -0.320. The van der Waals surface area contributed by atoms with Gasteiger partial charge in [0.2, 0.25) is 0 Å². The van der Waals surface area contributed by atoms with Gasteiger partial charge in [0.15, 0.2) is 0 Å². The first-order valence-corrected chi connectivity index (χ1v) is 6.74. The number of fused-ring (bicyclic) bond motifs is 1. The topological polar surface area (TPSA) is 26.3 Å². The summed E-state index contributed by atoms with van der Waals surface area (Å²) in [4.78, 5) is 11.8. The molecule has 2 bridgehead atoms. The van der Waals surface area contributed by atoms with E-state index in [1.807, 2.05) is 0 Å². The van der Waals surface area contributed by atoms with Crippen LogP contribution in [0.25, 0.3) is 0 Å². The van der Waals surface area contributed by atoms with E-state index in [0.29, 0.717) is 5.57 Å². The lowest BCUT2D eigenvalue weighted by atomic mass is 9.47. The van der Waals surface area contributed by atoms with Gasteiger partial charge >= 0.3 is 5.97 Å². The fourth-order valence-corrected chi connectivity index (χ4v) is 4.88. The largest absolute Gasteiger partial charge is 0.456 e. The van der Waals surface area contributed by atoms with Crippen LogP contribution < -0.4 is 0 Å². The van der Waals surface area contributed by atoms with Gasteiger partial charge in [0, 0.05) is 11.0 Å². The van der Waals surface area contributed by atoms with E-state index in [0.717, 1.165) is 17.8 Å². The standard InChI is InChI=1S/C15H22O2/c1-9(2)13(16)17-14(3,4)15-7-10-5-11(8-15)12(15)6-10/h10-12H,1,5-8H2,2-4H3. The number of ether oxygens (including phenoxy) is 1. The minimum Gasteiger partial charge on any atom is -0.456 e. The number of hydrogen-bond donors (Lipinski definition) is 0. The van der Waals surface area contributed by atoms with Gasteiger partial charge in [0.1, 0.15) is 5.60 Å². The lowest BCUT2D eigenvalue weighted by Gasteiger charge is -2.60. The lowest BCUT2D eigenvalue weighted by molar-refractivity contribution is -0.204. The summed E-state index contributed by atoms with van der Waals surface area (Å²) in [6.07, 6.45) is 5.34. The lowest BCUT2D eigenvalue weighted by Crippen LogP contribution is -2.59. The van der Waals surface area contributed by atoms with Gasteiger partial charge in [-0.05, 0) is 64.2 Å². The molecule has 3 aliphatic carbocycles. The summed E-state index contributed by atoms with van der Waals surface area (Å²) >= 11 is 0. The highest BCUT2D eigenvalue weighted by Gasteiger charge is 2.70. The summed E-state index contributed by atoms with van der Waals surface area (Å²) in [6, 6.07) is 0. The molecule has 3 aliphatic rings. The average Bonchev–Trinajstić information content (AvgIpc) is 2.69. The van der Waals surface area contributed by atoms with Gasteiger partial charge in [-0.3, -0.25) is 0 Å². The van der Waals surface area contributed by atoms with Crippen molar-refractivity contribution < 1.29 is 9.53 Å². The summed E-state index contributed by atoms with van der Waals surface area (Å²) in [5.41, 5.74) is 0.471. The van der Waals surface area contributed by atoms with Crippen LogP contribution in [-0.4, -0.2) is 11.6 Å². The summed E-state index contributed by atoms with van der Waals surface area (Å²) in [7, 11) is 0. The number of rotatable bonds is 3. The first kappa shape index (κ1) is 11.3. The molecule has 94 valence electrons. The first-order valence-electron chi connectivity index (χ1n) is 6.74. The summed E-state index contributed by atoms with van der Waals surface area (Å²) in [5.74, 6) is 2.43. The zero-order valence-corrected chi connectivity index (χ0v) is 11.1. The van der Waals surface area contributed by atoms with E-state index in [2.05, 4.69) is 20.4 Å². The Kier molecular flexibility index (Phi) is 2.10. The SMILES string of the molecule is C=C(C)C(=O)OC(C)(C)C12CC3CC(C1)C2C3. The smallest absolute Gasteiger partial charge is 0.333 e. The third kappa shape index (κ3) is 1.30. The number of esters is 1. The van der Waals surface area contributed by atoms with Crippen molar-refractivity contribution in [1.82, 2.24) is 0 Å². The fourth-order valence-electron chi connectivity index (χ4n) is 4.88. The zero-order chi connectivity index (χ0) is 12.4. The molecular weight excluding hydrogens is 212 g/mol. The predicted molar refractivity (Wildman–Crippen MR) is 66.4 cm³/mol. The van der Waals surface area contributed by atoms with Gasteiger partial charge in [-0.15, -0.1) is 0 Å². The van der Waals surface area contributed by atoms with Gasteiger partial charge in [-0.1, -0.05) is 6.58 Å². The van der Waals surface area contributed by atoms with Crippen molar-refractivity contribution in [3.8, 4) is 0 Å². The first-order chi connectivity index (χ1) is 7.86. The predicted octanol–water partition coefficient (Wildman–Crippen LogP) is 3.32. The van der Waals surface area contributed by atoms with Crippen LogP contribution in [0.15, 0.2) is 12.2 Å². The molecule has 3 saturated carbocycles. The normalized spacial score (nSPS) is 42.2. The van der Waals surface area contributed by atoms with Crippen LogP contribution in [0, 0.1) is 23.2 Å². The molecule has 0 amide bonds. The number of carbonyl (C=O) groups excluding carboxylic acids is 1. The van der Waals surface area contributed by atoms with Gasteiger partial charge in [-0.25, -0.2) is 4.79 Å². The van der Waals surface area contributed by atoms with Crippen LogP contribution in [0.4, 0.5) is 0 Å². The molecule has 0 spiro atoms. The van der Waals surface area contributed by atoms with Crippen LogP contribution in [0.5, 0.6) is 0 Å². The maximum absolute atomic E-state index is 11.8. The quantitative estimate of drug-likeness (QED) is 0.553. The summed E-state index contributed by atoms with van der Waals surface area (Å²) in [6.45, 7) is 9.60. The average molecular weight is 234 g/mol. The molecule has 2 nitrogen and oxygen atoms in total. The molecule has 17 heavy (non-hydrogen) atoms. The second kappa shape index (κ2) is 3.15. The molecule has 0 N–H and O–H groups in total. The maximum Gasteiger partial charge on any atom is 0.333 e. The Hall–Kier alpha value is -0.790. The molecule has 0 heterocycles. The highest BCUT2D eigenvalue weighted by molar-refractivity contribution is 5.87. The summed E-state index contributed by atoms with van der Waals surface area (Å²) < 4.78 is 5.74. The van der Waals surface area contributed by atoms with Crippen molar-refractivity contribution >= 4 is 5.97 Å². The molecule has 0 aromatic rings. The molecule has 4 unspecified atom stereocenters. The Bertz CT molecular complexity index is 396. The Morgan fingerprint density at radius 1 is 1.35 bits per heavy atom. The fraction of sp³-hybridized carbons (Fsp3) is 0.800. The molecule has 0 aliphatic heterocycles. The second-order valence-electron chi connectivity index (χ2n) is 6.95. The molecule has 3 fully saturated rings.